The Labute approximate surface area is 170 Å². The number of piperidine rings is 1. The number of carbonyl (C=O) groups excluding carboxylic acids is 1. The number of allylic oxidation sites excluding steroid dienone is 3. The van der Waals surface area contributed by atoms with Crippen LogP contribution in [0.15, 0.2) is 36.5 Å². The van der Waals surface area contributed by atoms with Gasteiger partial charge in [0.15, 0.2) is 5.60 Å². The normalized spacial score (nSPS) is 30.0. The molecule has 4 nitrogen and oxygen atoms in total. The standard InChI is InChI=1S/C24H38N2O2/c1-4-6-7-9-12-18(3)24(28,19-13-10-8-11-14-19)23(27)26-16-21-20(15-25-5-2)22(21)17-26/h6-7,9,12,19-22,25,28H,3-5,8,10-11,13-17H2,1-2H3/b7-6-,12-9-. The van der Waals surface area contributed by atoms with Gasteiger partial charge in [0.05, 0.1) is 0 Å². The molecule has 2 N–H and O–H groups in total. The monoisotopic (exact) mass is 386 g/mol. The van der Waals surface area contributed by atoms with Gasteiger partial charge in [-0.25, -0.2) is 0 Å². The number of likely N-dealkylation sites (tertiary alicyclic amines) is 1. The Balaban J connectivity index is 1.70. The average molecular weight is 387 g/mol. The molecular weight excluding hydrogens is 348 g/mol. The van der Waals surface area contributed by atoms with Crippen molar-refractivity contribution in [3.05, 3.63) is 36.5 Å². The van der Waals surface area contributed by atoms with E-state index >= 15 is 0 Å². The molecule has 156 valence electrons. The zero-order valence-electron chi connectivity index (χ0n) is 17.7. The number of rotatable bonds is 9. The van der Waals surface area contributed by atoms with E-state index in [1.807, 2.05) is 23.1 Å². The molecule has 1 heterocycles. The van der Waals surface area contributed by atoms with Crippen molar-refractivity contribution in [1.29, 1.82) is 0 Å². The molecule has 28 heavy (non-hydrogen) atoms. The summed E-state index contributed by atoms with van der Waals surface area (Å²) >= 11 is 0. The lowest BCUT2D eigenvalue weighted by molar-refractivity contribution is -0.153. The van der Waals surface area contributed by atoms with Crippen LogP contribution in [0.1, 0.15) is 52.4 Å². The Bertz CT molecular complexity index is 608. The van der Waals surface area contributed by atoms with Crippen molar-refractivity contribution < 1.29 is 9.90 Å². The predicted octanol–water partition coefficient (Wildman–Crippen LogP) is 3.69. The van der Waals surface area contributed by atoms with Crippen LogP contribution >= 0.6 is 0 Å². The molecule has 2 aliphatic carbocycles. The van der Waals surface area contributed by atoms with Crippen molar-refractivity contribution in [3.63, 3.8) is 0 Å². The van der Waals surface area contributed by atoms with E-state index in [9.17, 15) is 9.90 Å². The fourth-order valence-corrected chi connectivity index (χ4v) is 5.28. The molecule has 1 amide bonds. The number of nitrogens with one attached hydrogen (secondary N) is 1. The van der Waals surface area contributed by atoms with E-state index in [0.717, 1.165) is 58.3 Å². The molecule has 0 aromatic rings. The molecule has 4 heteroatoms. The summed E-state index contributed by atoms with van der Waals surface area (Å²) in [6.07, 6.45) is 13.9. The fraction of sp³-hybridized carbons (Fsp3) is 0.708. The first-order valence-electron chi connectivity index (χ1n) is 11.3. The summed E-state index contributed by atoms with van der Waals surface area (Å²) in [5, 5.41) is 15.2. The Morgan fingerprint density at radius 3 is 2.46 bits per heavy atom. The molecule has 3 atom stereocenters. The Morgan fingerprint density at radius 2 is 1.86 bits per heavy atom. The average Bonchev–Trinajstić information content (AvgIpc) is 3.17. The van der Waals surface area contributed by atoms with Crippen molar-refractivity contribution in [3.8, 4) is 0 Å². The summed E-state index contributed by atoms with van der Waals surface area (Å²) in [6, 6.07) is 0. The van der Waals surface area contributed by atoms with E-state index in [4.69, 9.17) is 0 Å². The van der Waals surface area contributed by atoms with Crippen LogP contribution in [0.5, 0.6) is 0 Å². The lowest BCUT2D eigenvalue weighted by atomic mass is 9.72. The molecule has 3 unspecified atom stereocenters. The van der Waals surface area contributed by atoms with E-state index in [-0.39, 0.29) is 11.8 Å². The highest BCUT2D eigenvalue weighted by Gasteiger charge is 2.58. The number of carbonyl (C=O) groups is 1. The van der Waals surface area contributed by atoms with Gasteiger partial charge in [0.25, 0.3) is 5.91 Å². The lowest BCUT2D eigenvalue weighted by Crippen LogP contribution is -2.55. The number of hydrogen-bond acceptors (Lipinski definition) is 3. The molecule has 3 rings (SSSR count). The number of amides is 1. The second-order valence-electron chi connectivity index (χ2n) is 8.83. The molecule has 1 saturated heterocycles. The van der Waals surface area contributed by atoms with Crippen LogP contribution in [0.25, 0.3) is 0 Å². The first-order chi connectivity index (χ1) is 13.5. The van der Waals surface area contributed by atoms with E-state index < -0.39 is 5.60 Å². The van der Waals surface area contributed by atoms with Crippen LogP contribution in [0.2, 0.25) is 0 Å². The molecule has 0 spiro atoms. The second-order valence-corrected chi connectivity index (χ2v) is 8.83. The molecule has 0 bridgehead atoms. The minimum absolute atomic E-state index is 0.0180. The summed E-state index contributed by atoms with van der Waals surface area (Å²) in [5.74, 6) is 1.79. The SMILES string of the molecule is C=C(/C=C\C=C/CC)C(O)(C(=O)N1CC2C(CNCC)C2C1)C1CCCCC1. The number of fused-ring (bicyclic) bond motifs is 1. The summed E-state index contributed by atoms with van der Waals surface area (Å²) in [4.78, 5) is 15.5. The van der Waals surface area contributed by atoms with Gasteiger partial charge in [0.2, 0.25) is 0 Å². The Kier molecular flexibility index (Phi) is 7.16. The van der Waals surface area contributed by atoms with Gasteiger partial charge in [0.1, 0.15) is 0 Å². The van der Waals surface area contributed by atoms with Gasteiger partial charge in [-0.2, -0.15) is 0 Å². The van der Waals surface area contributed by atoms with Crippen molar-refractivity contribution in [2.45, 2.75) is 58.0 Å². The molecule has 1 aliphatic heterocycles. The predicted molar refractivity (Wildman–Crippen MR) is 115 cm³/mol. The second kappa shape index (κ2) is 9.41. The van der Waals surface area contributed by atoms with E-state index in [0.29, 0.717) is 23.3 Å². The highest BCUT2D eigenvalue weighted by atomic mass is 16.3. The first kappa shape index (κ1) is 21.3. The maximum Gasteiger partial charge on any atom is 0.259 e. The van der Waals surface area contributed by atoms with Crippen LogP contribution in [0.4, 0.5) is 0 Å². The zero-order chi connectivity index (χ0) is 20.1. The topological polar surface area (TPSA) is 52.6 Å². The smallest absolute Gasteiger partial charge is 0.259 e. The van der Waals surface area contributed by atoms with Gasteiger partial charge in [0, 0.05) is 19.0 Å². The van der Waals surface area contributed by atoms with Crippen molar-refractivity contribution in [1.82, 2.24) is 10.2 Å². The molecule has 0 aromatic heterocycles. The Morgan fingerprint density at radius 1 is 1.18 bits per heavy atom. The molecule has 3 fully saturated rings. The Hall–Kier alpha value is -1.39. The van der Waals surface area contributed by atoms with Crippen LogP contribution in [0.3, 0.4) is 0 Å². The third-order valence-corrected chi connectivity index (χ3v) is 7.08. The van der Waals surface area contributed by atoms with Crippen molar-refractivity contribution in [2.75, 3.05) is 26.2 Å². The minimum Gasteiger partial charge on any atom is -0.375 e. The number of nitrogens with zero attached hydrogens (tertiary/aromatic N) is 1. The molecule has 3 aliphatic rings. The van der Waals surface area contributed by atoms with Gasteiger partial charge < -0.3 is 15.3 Å². The highest BCUT2D eigenvalue weighted by molar-refractivity contribution is 5.90. The summed E-state index contributed by atoms with van der Waals surface area (Å²) in [6.45, 7) is 12.0. The van der Waals surface area contributed by atoms with Crippen molar-refractivity contribution in [2.24, 2.45) is 23.7 Å². The van der Waals surface area contributed by atoms with Crippen LogP contribution < -0.4 is 5.32 Å². The molecule has 2 saturated carbocycles. The molecule has 0 aromatic carbocycles. The van der Waals surface area contributed by atoms with Crippen molar-refractivity contribution >= 4 is 5.91 Å². The quantitative estimate of drug-likeness (QED) is 0.594. The summed E-state index contributed by atoms with van der Waals surface area (Å²) < 4.78 is 0. The lowest BCUT2D eigenvalue weighted by Gasteiger charge is -2.40. The first-order valence-corrected chi connectivity index (χ1v) is 11.3. The van der Waals surface area contributed by atoms with Gasteiger partial charge in [-0.3, -0.25) is 4.79 Å². The van der Waals surface area contributed by atoms with Crippen LogP contribution in [-0.2, 0) is 4.79 Å². The van der Waals surface area contributed by atoms with E-state index in [2.05, 4.69) is 31.8 Å². The molecule has 0 radical (unpaired) electrons. The maximum atomic E-state index is 13.5. The van der Waals surface area contributed by atoms with Crippen LogP contribution in [0, 0.1) is 23.7 Å². The highest BCUT2D eigenvalue weighted by Crippen LogP contribution is 2.52. The third-order valence-electron chi connectivity index (χ3n) is 7.08. The largest absolute Gasteiger partial charge is 0.375 e. The summed E-state index contributed by atoms with van der Waals surface area (Å²) in [7, 11) is 0. The van der Waals surface area contributed by atoms with E-state index in [1.54, 1.807) is 0 Å². The van der Waals surface area contributed by atoms with Gasteiger partial charge in [-0.05, 0) is 55.7 Å². The van der Waals surface area contributed by atoms with Crippen LogP contribution in [-0.4, -0.2) is 47.7 Å². The maximum absolute atomic E-state index is 13.5. The fourth-order valence-electron chi connectivity index (χ4n) is 5.28. The third kappa shape index (κ3) is 4.28. The zero-order valence-corrected chi connectivity index (χ0v) is 17.7. The van der Waals surface area contributed by atoms with E-state index in [1.165, 1.54) is 6.42 Å². The van der Waals surface area contributed by atoms with Gasteiger partial charge >= 0.3 is 0 Å². The molecular formula is C24H38N2O2. The number of aliphatic hydroxyl groups is 1. The van der Waals surface area contributed by atoms with Gasteiger partial charge in [-0.1, -0.05) is 64.0 Å². The number of hydrogen-bond donors (Lipinski definition) is 2. The van der Waals surface area contributed by atoms with Gasteiger partial charge in [-0.15, -0.1) is 0 Å². The minimum atomic E-state index is -1.45. The summed E-state index contributed by atoms with van der Waals surface area (Å²) in [5.41, 5.74) is -0.903.